The normalized spacial score (nSPS) is 13.6. The van der Waals surface area contributed by atoms with Crippen molar-refractivity contribution in [3.05, 3.63) is 22.4 Å². The van der Waals surface area contributed by atoms with Gasteiger partial charge in [0.25, 0.3) is 0 Å². The van der Waals surface area contributed by atoms with Crippen molar-refractivity contribution in [2.45, 2.75) is 25.6 Å². The fourth-order valence-corrected chi connectivity index (χ4v) is 2.27. The standard InChI is InChI=1S/C12H17F3N2OS/c1-9(10-4-3-7-19-10)16-11(18)8-17(2)6-5-12(13,14)15/h3-4,7,9H,5-6,8H2,1-2H3,(H,16,18). The van der Waals surface area contributed by atoms with E-state index in [9.17, 15) is 18.0 Å². The molecule has 1 heterocycles. The summed E-state index contributed by atoms with van der Waals surface area (Å²) in [5.41, 5.74) is 0. The summed E-state index contributed by atoms with van der Waals surface area (Å²) >= 11 is 1.53. The predicted molar refractivity (Wildman–Crippen MR) is 69.0 cm³/mol. The molecular formula is C12H17F3N2OS. The van der Waals surface area contributed by atoms with Crippen LogP contribution in [-0.4, -0.2) is 37.1 Å². The molecule has 1 aromatic heterocycles. The second kappa shape index (κ2) is 6.91. The quantitative estimate of drug-likeness (QED) is 0.875. The number of thiophene rings is 1. The molecule has 1 unspecified atom stereocenters. The Balaban J connectivity index is 2.31. The van der Waals surface area contributed by atoms with E-state index in [-0.39, 0.29) is 25.0 Å². The molecule has 1 amide bonds. The fraction of sp³-hybridized carbons (Fsp3) is 0.583. The van der Waals surface area contributed by atoms with E-state index in [4.69, 9.17) is 0 Å². The Labute approximate surface area is 114 Å². The first-order valence-corrected chi connectivity index (χ1v) is 6.74. The van der Waals surface area contributed by atoms with Crippen molar-refractivity contribution in [1.29, 1.82) is 0 Å². The van der Waals surface area contributed by atoms with Crippen molar-refractivity contribution in [3.63, 3.8) is 0 Å². The van der Waals surface area contributed by atoms with Crippen LogP contribution in [0.3, 0.4) is 0 Å². The molecule has 0 saturated heterocycles. The maximum absolute atomic E-state index is 12.0. The molecule has 1 aromatic rings. The van der Waals surface area contributed by atoms with Gasteiger partial charge in [-0.15, -0.1) is 11.3 Å². The van der Waals surface area contributed by atoms with Gasteiger partial charge in [0.05, 0.1) is 19.0 Å². The van der Waals surface area contributed by atoms with Gasteiger partial charge in [-0.05, 0) is 25.4 Å². The van der Waals surface area contributed by atoms with E-state index in [1.165, 1.54) is 23.3 Å². The van der Waals surface area contributed by atoms with Gasteiger partial charge in [0.1, 0.15) is 0 Å². The molecule has 108 valence electrons. The number of alkyl halides is 3. The second-order valence-corrected chi connectivity index (χ2v) is 5.39. The Bertz CT molecular complexity index is 392. The number of hydrogen-bond donors (Lipinski definition) is 1. The Kier molecular flexibility index (Phi) is 5.81. The molecule has 0 bridgehead atoms. The highest BCUT2D eigenvalue weighted by Gasteiger charge is 2.27. The molecule has 0 radical (unpaired) electrons. The number of amides is 1. The number of rotatable bonds is 6. The first-order chi connectivity index (χ1) is 8.78. The summed E-state index contributed by atoms with van der Waals surface area (Å²) in [5, 5.41) is 4.67. The van der Waals surface area contributed by atoms with Crippen molar-refractivity contribution in [2.75, 3.05) is 20.1 Å². The van der Waals surface area contributed by atoms with E-state index in [1.54, 1.807) is 0 Å². The van der Waals surface area contributed by atoms with Gasteiger partial charge in [-0.1, -0.05) is 6.07 Å². The Morgan fingerprint density at radius 3 is 2.74 bits per heavy atom. The number of nitrogens with zero attached hydrogens (tertiary/aromatic N) is 1. The molecule has 0 saturated carbocycles. The molecule has 1 rings (SSSR count). The van der Waals surface area contributed by atoms with Crippen LogP contribution in [0.2, 0.25) is 0 Å². The lowest BCUT2D eigenvalue weighted by Gasteiger charge is -2.19. The molecule has 3 nitrogen and oxygen atoms in total. The van der Waals surface area contributed by atoms with Crippen molar-refractivity contribution in [1.82, 2.24) is 10.2 Å². The van der Waals surface area contributed by atoms with Crippen molar-refractivity contribution < 1.29 is 18.0 Å². The monoisotopic (exact) mass is 294 g/mol. The molecule has 0 spiro atoms. The van der Waals surface area contributed by atoms with E-state index in [0.29, 0.717) is 0 Å². The van der Waals surface area contributed by atoms with Crippen LogP contribution >= 0.6 is 11.3 Å². The number of halogens is 3. The van der Waals surface area contributed by atoms with Crippen LogP contribution in [0, 0.1) is 0 Å². The average molecular weight is 294 g/mol. The Morgan fingerprint density at radius 2 is 2.21 bits per heavy atom. The molecule has 0 aromatic carbocycles. The number of nitrogens with one attached hydrogen (secondary N) is 1. The van der Waals surface area contributed by atoms with Crippen LogP contribution in [0.5, 0.6) is 0 Å². The minimum atomic E-state index is -4.19. The summed E-state index contributed by atoms with van der Waals surface area (Å²) in [4.78, 5) is 14.0. The van der Waals surface area contributed by atoms with Crippen molar-refractivity contribution >= 4 is 17.2 Å². The highest BCUT2D eigenvalue weighted by atomic mass is 32.1. The van der Waals surface area contributed by atoms with Crippen LogP contribution in [-0.2, 0) is 4.79 Å². The zero-order valence-corrected chi connectivity index (χ0v) is 11.6. The first kappa shape index (κ1) is 16.0. The number of likely N-dealkylation sites (N-methyl/N-ethyl adjacent to an activating group) is 1. The molecule has 1 atom stereocenters. The number of carbonyl (C=O) groups excluding carboxylic acids is 1. The lowest BCUT2D eigenvalue weighted by Crippen LogP contribution is -2.37. The van der Waals surface area contributed by atoms with E-state index in [1.807, 2.05) is 24.4 Å². The molecule has 0 aliphatic heterocycles. The van der Waals surface area contributed by atoms with Crippen LogP contribution in [0.15, 0.2) is 17.5 Å². The maximum Gasteiger partial charge on any atom is 0.390 e. The van der Waals surface area contributed by atoms with Gasteiger partial charge < -0.3 is 5.32 Å². The molecule has 19 heavy (non-hydrogen) atoms. The van der Waals surface area contributed by atoms with Gasteiger partial charge in [0.15, 0.2) is 0 Å². The molecule has 0 aliphatic rings. The smallest absolute Gasteiger partial charge is 0.348 e. The maximum atomic E-state index is 12.0. The highest BCUT2D eigenvalue weighted by molar-refractivity contribution is 7.10. The lowest BCUT2D eigenvalue weighted by atomic mass is 10.2. The topological polar surface area (TPSA) is 32.3 Å². The minimum Gasteiger partial charge on any atom is -0.348 e. The number of carbonyl (C=O) groups is 1. The SMILES string of the molecule is CC(NC(=O)CN(C)CCC(F)(F)F)c1cccs1. The van der Waals surface area contributed by atoms with Gasteiger partial charge in [-0.2, -0.15) is 13.2 Å². The summed E-state index contributed by atoms with van der Waals surface area (Å²) in [6.45, 7) is 1.63. The summed E-state index contributed by atoms with van der Waals surface area (Å²) < 4.78 is 36.1. The first-order valence-electron chi connectivity index (χ1n) is 5.86. The minimum absolute atomic E-state index is 0.0359. The third-order valence-electron chi connectivity index (χ3n) is 2.54. The number of hydrogen-bond acceptors (Lipinski definition) is 3. The molecule has 1 N–H and O–H groups in total. The van der Waals surface area contributed by atoms with Gasteiger partial charge in [-0.25, -0.2) is 0 Å². The largest absolute Gasteiger partial charge is 0.390 e. The van der Waals surface area contributed by atoms with E-state index in [0.717, 1.165) is 4.88 Å². The van der Waals surface area contributed by atoms with Crippen LogP contribution in [0.1, 0.15) is 24.3 Å². The van der Waals surface area contributed by atoms with E-state index >= 15 is 0 Å². The fourth-order valence-electron chi connectivity index (χ4n) is 1.54. The van der Waals surface area contributed by atoms with Crippen LogP contribution in [0.25, 0.3) is 0 Å². The highest BCUT2D eigenvalue weighted by Crippen LogP contribution is 2.20. The lowest BCUT2D eigenvalue weighted by molar-refractivity contribution is -0.139. The second-order valence-electron chi connectivity index (χ2n) is 4.41. The van der Waals surface area contributed by atoms with Gasteiger partial charge >= 0.3 is 6.18 Å². The molecule has 0 aliphatic carbocycles. The average Bonchev–Trinajstić information content (AvgIpc) is 2.78. The predicted octanol–water partition coefficient (Wildman–Crippen LogP) is 2.81. The zero-order valence-electron chi connectivity index (χ0n) is 10.8. The van der Waals surface area contributed by atoms with Gasteiger partial charge in [0, 0.05) is 11.4 Å². The molecular weight excluding hydrogens is 277 g/mol. The van der Waals surface area contributed by atoms with E-state index < -0.39 is 12.6 Å². The van der Waals surface area contributed by atoms with E-state index in [2.05, 4.69) is 5.32 Å². The zero-order chi connectivity index (χ0) is 14.5. The molecule has 7 heteroatoms. The molecule has 0 fully saturated rings. The van der Waals surface area contributed by atoms with Crippen molar-refractivity contribution in [2.24, 2.45) is 0 Å². The van der Waals surface area contributed by atoms with Crippen molar-refractivity contribution in [3.8, 4) is 0 Å². The van der Waals surface area contributed by atoms with Gasteiger partial charge in [-0.3, -0.25) is 9.69 Å². The third kappa shape index (κ3) is 6.58. The summed E-state index contributed by atoms with van der Waals surface area (Å²) in [5.74, 6) is -0.273. The Hall–Kier alpha value is -1.08. The summed E-state index contributed by atoms with van der Waals surface area (Å²) in [6.07, 6.45) is -5.09. The van der Waals surface area contributed by atoms with Crippen LogP contribution < -0.4 is 5.32 Å². The third-order valence-corrected chi connectivity index (χ3v) is 3.59. The Morgan fingerprint density at radius 1 is 1.53 bits per heavy atom. The summed E-state index contributed by atoms with van der Waals surface area (Å²) in [6, 6.07) is 3.67. The van der Waals surface area contributed by atoms with Crippen LogP contribution in [0.4, 0.5) is 13.2 Å². The summed E-state index contributed by atoms with van der Waals surface area (Å²) in [7, 11) is 1.50. The van der Waals surface area contributed by atoms with Gasteiger partial charge in [0.2, 0.25) is 5.91 Å².